The van der Waals surface area contributed by atoms with Crippen molar-refractivity contribution in [1.82, 2.24) is 0 Å². The summed E-state index contributed by atoms with van der Waals surface area (Å²) in [4.78, 5) is 0. The maximum absolute atomic E-state index is 12.4. The summed E-state index contributed by atoms with van der Waals surface area (Å²) >= 11 is 3.04. The Morgan fingerprint density at radius 1 is 0.692 bits per heavy atom. The maximum Gasteiger partial charge on any atom is 0.416 e. The smallest absolute Gasteiger partial charge is 0.357 e. The van der Waals surface area contributed by atoms with Crippen LogP contribution in [0.25, 0.3) is 0 Å². The van der Waals surface area contributed by atoms with Crippen LogP contribution in [0.2, 0.25) is 0 Å². The first-order valence-corrected chi connectivity index (χ1v) is 8.22. The number of benzene rings is 2. The van der Waals surface area contributed by atoms with E-state index in [4.69, 9.17) is 4.74 Å². The van der Waals surface area contributed by atoms with Crippen LogP contribution in [-0.4, -0.2) is 0 Å². The Morgan fingerprint density at radius 2 is 1.19 bits per heavy atom. The highest BCUT2D eigenvalue weighted by Gasteiger charge is 2.37. The molecule has 1 nitrogen and oxygen atoms in total. The fourth-order valence-electron chi connectivity index (χ4n) is 2.70. The van der Waals surface area contributed by atoms with Crippen LogP contribution < -0.4 is 0 Å². The largest absolute Gasteiger partial charge is 0.416 e. The quantitative estimate of drug-likeness (QED) is 0.324. The molecular weight excluding hydrogens is 426 g/mol. The van der Waals surface area contributed by atoms with Gasteiger partial charge in [0.25, 0.3) is 0 Å². The predicted octanol–water partition coefficient (Wildman–Crippen LogP) is 6.86. The zero-order valence-corrected chi connectivity index (χ0v) is 14.5. The first-order valence-electron chi connectivity index (χ1n) is 7.43. The SMILES string of the molecule is FC(F)(F)c1ccc(Br)cc1.FC(F)(F)c1ccc2c(c1)C1C=CC2O1. The summed E-state index contributed by atoms with van der Waals surface area (Å²) in [7, 11) is 0. The van der Waals surface area contributed by atoms with E-state index in [0.29, 0.717) is 10.0 Å². The van der Waals surface area contributed by atoms with Crippen LogP contribution >= 0.6 is 15.9 Å². The molecule has 0 radical (unpaired) electrons. The molecule has 2 unspecified atom stereocenters. The number of ether oxygens (including phenoxy) is 1. The molecule has 0 N–H and O–H groups in total. The standard InChI is InChI=1S/C11H7F3O.C7H4BrF3/c12-11(13,14)6-1-2-7-8(5-6)10-4-3-9(7)15-10;8-6-3-1-5(2-4-6)7(9,10)11/h1-5,9-10H;1-4H. The lowest BCUT2D eigenvalue weighted by Crippen LogP contribution is -2.06. The van der Waals surface area contributed by atoms with Gasteiger partial charge < -0.3 is 4.74 Å². The van der Waals surface area contributed by atoms with Gasteiger partial charge in [0.15, 0.2) is 0 Å². The summed E-state index contributed by atoms with van der Waals surface area (Å²) in [5.41, 5.74) is 0.277. The van der Waals surface area contributed by atoms with Crippen molar-refractivity contribution in [3.05, 3.63) is 81.3 Å². The molecule has 8 heteroatoms. The van der Waals surface area contributed by atoms with E-state index < -0.39 is 23.5 Å². The molecule has 2 bridgehead atoms. The van der Waals surface area contributed by atoms with Crippen LogP contribution in [0.15, 0.2) is 59.1 Å². The molecule has 138 valence electrons. The topological polar surface area (TPSA) is 9.23 Å². The molecule has 4 rings (SSSR count). The molecule has 0 saturated carbocycles. The molecule has 26 heavy (non-hydrogen) atoms. The summed E-state index contributed by atoms with van der Waals surface area (Å²) in [5.74, 6) is 0. The van der Waals surface area contributed by atoms with E-state index in [1.807, 2.05) is 6.08 Å². The lowest BCUT2D eigenvalue weighted by molar-refractivity contribution is -0.138. The third-order valence-corrected chi connectivity index (χ3v) is 4.48. The summed E-state index contributed by atoms with van der Waals surface area (Å²) in [6.45, 7) is 0. The maximum atomic E-state index is 12.4. The number of fused-ring (bicyclic) bond motifs is 5. The van der Waals surface area contributed by atoms with Gasteiger partial charge in [0.1, 0.15) is 12.2 Å². The van der Waals surface area contributed by atoms with Crippen molar-refractivity contribution in [1.29, 1.82) is 0 Å². The van der Waals surface area contributed by atoms with Gasteiger partial charge in [0.2, 0.25) is 0 Å². The van der Waals surface area contributed by atoms with Crippen LogP contribution in [0, 0.1) is 0 Å². The Balaban J connectivity index is 0.000000160. The van der Waals surface area contributed by atoms with E-state index in [0.717, 1.165) is 23.8 Å². The van der Waals surface area contributed by atoms with Crippen molar-refractivity contribution in [3.8, 4) is 0 Å². The molecule has 2 aromatic rings. The van der Waals surface area contributed by atoms with Crippen LogP contribution in [-0.2, 0) is 17.1 Å². The van der Waals surface area contributed by atoms with Gasteiger partial charge in [0, 0.05) is 4.47 Å². The fourth-order valence-corrected chi connectivity index (χ4v) is 2.96. The Bertz CT molecular complexity index is 823. The number of rotatable bonds is 0. The monoisotopic (exact) mass is 436 g/mol. The number of hydrogen-bond donors (Lipinski definition) is 0. The second-order valence-corrected chi connectivity index (χ2v) is 6.62. The van der Waals surface area contributed by atoms with Crippen molar-refractivity contribution in [2.45, 2.75) is 24.6 Å². The van der Waals surface area contributed by atoms with Crippen LogP contribution in [0.1, 0.15) is 34.5 Å². The molecule has 2 heterocycles. The molecule has 2 aliphatic heterocycles. The van der Waals surface area contributed by atoms with E-state index >= 15 is 0 Å². The highest BCUT2D eigenvalue weighted by molar-refractivity contribution is 9.10. The van der Waals surface area contributed by atoms with Crippen molar-refractivity contribution >= 4 is 15.9 Å². The third-order valence-electron chi connectivity index (χ3n) is 3.95. The average Bonchev–Trinajstić information content (AvgIpc) is 3.16. The fraction of sp³-hybridized carbons (Fsp3) is 0.222. The molecule has 0 amide bonds. The molecule has 0 spiro atoms. The summed E-state index contributed by atoms with van der Waals surface area (Å²) in [6, 6.07) is 8.59. The highest BCUT2D eigenvalue weighted by atomic mass is 79.9. The normalized spacial score (nSPS) is 20.6. The molecule has 2 aromatic carbocycles. The van der Waals surface area contributed by atoms with Gasteiger partial charge >= 0.3 is 12.4 Å². The van der Waals surface area contributed by atoms with Crippen molar-refractivity contribution in [3.63, 3.8) is 0 Å². The minimum absolute atomic E-state index is 0.146. The molecule has 0 aromatic heterocycles. The van der Waals surface area contributed by atoms with Gasteiger partial charge in [0.05, 0.1) is 11.1 Å². The van der Waals surface area contributed by atoms with Gasteiger partial charge in [-0.15, -0.1) is 0 Å². The van der Waals surface area contributed by atoms with Gasteiger partial charge in [-0.05, 0) is 47.5 Å². The molecule has 2 atom stereocenters. The first-order chi connectivity index (χ1) is 12.1. The van der Waals surface area contributed by atoms with Crippen LogP contribution in [0.3, 0.4) is 0 Å². The molecular formula is C18H11BrF6O. The predicted molar refractivity (Wildman–Crippen MR) is 86.3 cm³/mol. The number of halogens is 7. The van der Waals surface area contributed by atoms with E-state index in [9.17, 15) is 26.3 Å². The average molecular weight is 437 g/mol. The van der Waals surface area contributed by atoms with E-state index in [1.165, 1.54) is 24.3 Å². The zero-order valence-electron chi connectivity index (χ0n) is 12.9. The summed E-state index contributed by atoms with van der Waals surface area (Å²) < 4.78 is 79.1. The van der Waals surface area contributed by atoms with E-state index in [2.05, 4.69) is 15.9 Å². The summed E-state index contributed by atoms with van der Waals surface area (Å²) in [5, 5.41) is 0. The molecule has 0 aliphatic carbocycles. The molecule has 2 aliphatic rings. The zero-order chi connectivity index (χ0) is 19.1. The minimum Gasteiger partial charge on any atom is -0.357 e. The van der Waals surface area contributed by atoms with Gasteiger partial charge in [-0.25, -0.2) is 0 Å². The summed E-state index contributed by atoms with van der Waals surface area (Å²) in [6.07, 6.45) is -5.27. The Hall–Kier alpha value is -1.80. The molecule has 0 fully saturated rings. The number of hydrogen-bond acceptors (Lipinski definition) is 1. The van der Waals surface area contributed by atoms with E-state index in [1.54, 1.807) is 6.08 Å². The lowest BCUT2D eigenvalue weighted by atomic mass is 9.95. The lowest BCUT2D eigenvalue weighted by Gasteiger charge is -2.11. The Labute approximate surface area is 153 Å². The van der Waals surface area contributed by atoms with Crippen molar-refractivity contribution in [2.75, 3.05) is 0 Å². The Kier molecular flexibility index (Phi) is 4.92. The van der Waals surface area contributed by atoms with Crippen LogP contribution in [0.4, 0.5) is 26.3 Å². The van der Waals surface area contributed by atoms with Gasteiger partial charge in [-0.3, -0.25) is 0 Å². The van der Waals surface area contributed by atoms with E-state index in [-0.39, 0.29) is 12.2 Å². The second kappa shape index (κ2) is 6.74. The van der Waals surface area contributed by atoms with Crippen molar-refractivity contribution < 1.29 is 31.1 Å². The van der Waals surface area contributed by atoms with Crippen LogP contribution in [0.5, 0.6) is 0 Å². The second-order valence-electron chi connectivity index (χ2n) is 5.71. The van der Waals surface area contributed by atoms with Gasteiger partial charge in [-0.2, -0.15) is 26.3 Å². The van der Waals surface area contributed by atoms with Crippen molar-refractivity contribution in [2.24, 2.45) is 0 Å². The molecule has 0 saturated heterocycles. The Morgan fingerprint density at radius 3 is 1.73 bits per heavy atom. The van der Waals surface area contributed by atoms with Gasteiger partial charge in [-0.1, -0.05) is 34.1 Å². The highest BCUT2D eigenvalue weighted by Crippen LogP contribution is 2.47. The first kappa shape index (κ1) is 19.0. The number of alkyl halides is 6. The minimum atomic E-state index is -4.28. The third kappa shape index (κ3) is 3.96.